The van der Waals surface area contributed by atoms with Crippen molar-refractivity contribution in [2.24, 2.45) is 0 Å². The van der Waals surface area contributed by atoms with Crippen LogP contribution < -0.4 is 0 Å². The van der Waals surface area contributed by atoms with E-state index in [-0.39, 0.29) is 0 Å². The highest BCUT2D eigenvalue weighted by molar-refractivity contribution is 9.10. The van der Waals surface area contributed by atoms with Gasteiger partial charge in [-0.05, 0) is 30.5 Å². The van der Waals surface area contributed by atoms with Crippen LogP contribution in [0.4, 0.5) is 0 Å². The third kappa shape index (κ3) is 3.20. The number of benzene rings is 1. The molecule has 1 aliphatic rings. The Morgan fingerprint density at radius 3 is 2.73 bits per heavy atom. The average Bonchev–Trinajstić information content (AvgIpc) is 2.69. The van der Waals surface area contributed by atoms with Crippen molar-refractivity contribution in [1.82, 2.24) is 0 Å². The van der Waals surface area contributed by atoms with E-state index in [0.717, 1.165) is 15.1 Å². The first-order chi connectivity index (χ1) is 7.25. The largest absolute Gasteiger partial charge is 0.373 e. The van der Waals surface area contributed by atoms with Crippen molar-refractivity contribution in [3.8, 4) is 0 Å². The van der Waals surface area contributed by atoms with Crippen molar-refractivity contribution < 1.29 is 4.74 Å². The molecule has 1 fully saturated rings. The average molecular weight is 290 g/mol. The molecular weight excluding hydrogens is 275 g/mol. The molecule has 0 heterocycles. The van der Waals surface area contributed by atoms with Gasteiger partial charge in [0, 0.05) is 9.50 Å². The number of hydrogen-bond donors (Lipinski definition) is 0. The zero-order valence-corrected chi connectivity index (χ0v) is 10.9. The molecule has 1 aliphatic carbocycles. The monoisotopic (exact) mass is 288 g/mol. The molecule has 0 spiro atoms. The molecule has 0 unspecified atom stereocenters. The van der Waals surface area contributed by atoms with Crippen molar-refractivity contribution >= 4 is 27.5 Å². The summed E-state index contributed by atoms with van der Waals surface area (Å²) in [5.74, 6) is 0. The molecule has 1 aromatic rings. The third-order valence-electron chi connectivity index (χ3n) is 2.79. The van der Waals surface area contributed by atoms with E-state index in [2.05, 4.69) is 15.9 Å². The zero-order chi connectivity index (χ0) is 10.7. The lowest BCUT2D eigenvalue weighted by molar-refractivity contribution is 0.0457. The summed E-state index contributed by atoms with van der Waals surface area (Å²) >= 11 is 9.49. The van der Waals surface area contributed by atoms with Crippen LogP contribution >= 0.6 is 27.5 Å². The maximum atomic E-state index is 6.10. The van der Waals surface area contributed by atoms with Crippen molar-refractivity contribution in [3.63, 3.8) is 0 Å². The second-order valence-corrected chi connectivity index (χ2v) is 5.28. The minimum Gasteiger partial charge on any atom is -0.373 e. The predicted octanol–water partition coefficient (Wildman–Crippen LogP) is 4.56. The summed E-state index contributed by atoms with van der Waals surface area (Å²) in [6, 6.07) is 5.93. The van der Waals surface area contributed by atoms with Crippen molar-refractivity contribution in [1.29, 1.82) is 0 Å². The minimum atomic E-state index is 0.449. The van der Waals surface area contributed by atoms with Gasteiger partial charge < -0.3 is 4.74 Å². The summed E-state index contributed by atoms with van der Waals surface area (Å²) in [7, 11) is 0. The Labute approximate surface area is 104 Å². The highest BCUT2D eigenvalue weighted by Crippen LogP contribution is 2.25. The molecule has 0 saturated heterocycles. The summed E-state index contributed by atoms with van der Waals surface area (Å²) < 4.78 is 6.82. The van der Waals surface area contributed by atoms with E-state index in [9.17, 15) is 0 Å². The van der Waals surface area contributed by atoms with Crippen LogP contribution in [0.3, 0.4) is 0 Å². The molecule has 3 heteroatoms. The van der Waals surface area contributed by atoms with Gasteiger partial charge in [-0.25, -0.2) is 0 Å². The van der Waals surface area contributed by atoms with Crippen molar-refractivity contribution in [3.05, 3.63) is 33.3 Å². The lowest BCUT2D eigenvalue weighted by atomic mass is 10.2. The van der Waals surface area contributed by atoms with Crippen LogP contribution in [0.1, 0.15) is 31.2 Å². The molecule has 1 saturated carbocycles. The van der Waals surface area contributed by atoms with E-state index in [1.807, 2.05) is 18.2 Å². The van der Waals surface area contributed by atoms with Gasteiger partial charge in [0.1, 0.15) is 0 Å². The van der Waals surface area contributed by atoms with Crippen LogP contribution in [0.25, 0.3) is 0 Å². The van der Waals surface area contributed by atoms with Crippen molar-refractivity contribution in [2.45, 2.75) is 38.4 Å². The van der Waals surface area contributed by atoms with Gasteiger partial charge in [-0.3, -0.25) is 0 Å². The van der Waals surface area contributed by atoms with Crippen molar-refractivity contribution in [2.75, 3.05) is 0 Å². The fourth-order valence-electron chi connectivity index (χ4n) is 1.90. The number of rotatable bonds is 3. The van der Waals surface area contributed by atoms with E-state index >= 15 is 0 Å². The van der Waals surface area contributed by atoms with E-state index in [1.165, 1.54) is 25.7 Å². The molecule has 1 nitrogen and oxygen atoms in total. The standard InChI is InChI=1S/C12H14BrClO/c13-10-6-5-9(12(14)7-10)8-15-11-3-1-2-4-11/h5-7,11H,1-4,8H2. The Kier molecular flexibility index (Phi) is 4.06. The lowest BCUT2D eigenvalue weighted by Crippen LogP contribution is -2.07. The first-order valence-corrected chi connectivity index (χ1v) is 6.48. The second-order valence-electron chi connectivity index (χ2n) is 3.95. The van der Waals surface area contributed by atoms with E-state index in [1.54, 1.807) is 0 Å². The van der Waals surface area contributed by atoms with Gasteiger partial charge in [-0.1, -0.05) is 46.4 Å². The Bertz CT molecular complexity index is 334. The zero-order valence-electron chi connectivity index (χ0n) is 8.51. The molecule has 0 radical (unpaired) electrons. The van der Waals surface area contributed by atoms with E-state index in [0.29, 0.717) is 12.7 Å². The first kappa shape index (κ1) is 11.4. The van der Waals surface area contributed by atoms with E-state index < -0.39 is 0 Å². The maximum Gasteiger partial charge on any atom is 0.0735 e. The Balaban J connectivity index is 1.92. The summed E-state index contributed by atoms with van der Waals surface area (Å²) in [6.45, 7) is 0.636. The molecule has 0 amide bonds. The van der Waals surface area contributed by atoms with Gasteiger partial charge in [0.05, 0.1) is 12.7 Å². The molecule has 0 atom stereocenters. The van der Waals surface area contributed by atoms with Gasteiger partial charge in [0.15, 0.2) is 0 Å². The molecule has 82 valence electrons. The molecule has 0 N–H and O–H groups in total. The Morgan fingerprint density at radius 2 is 2.07 bits per heavy atom. The van der Waals surface area contributed by atoms with Gasteiger partial charge in [0.2, 0.25) is 0 Å². The topological polar surface area (TPSA) is 9.23 Å². The fourth-order valence-corrected chi connectivity index (χ4v) is 2.63. The molecular formula is C12H14BrClO. The molecule has 1 aromatic carbocycles. The lowest BCUT2D eigenvalue weighted by Gasteiger charge is -2.11. The minimum absolute atomic E-state index is 0.449. The Hall–Kier alpha value is -0.0500. The summed E-state index contributed by atoms with van der Waals surface area (Å²) in [4.78, 5) is 0. The molecule has 2 rings (SSSR count). The van der Waals surface area contributed by atoms with Crippen LogP contribution in [0.15, 0.2) is 22.7 Å². The highest BCUT2D eigenvalue weighted by atomic mass is 79.9. The molecule has 0 aliphatic heterocycles. The van der Waals surface area contributed by atoms with Gasteiger partial charge in [-0.15, -0.1) is 0 Å². The summed E-state index contributed by atoms with van der Waals surface area (Å²) in [5.41, 5.74) is 1.08. The second kappa shape index (κ2) is 5.33. The number of ether oxygens (including phenoxy) is 1. The van der Waals surface area contributed by atoms with E-state index in [4.69, 9.17) is 16.3 Å². The Morgan fingerprint density at radius 1 is 1.33 bits per heavy atom. The summed E-state index contributed by atoms with van der Waals surface area (Å²) in [5, 5.41) is 0.780. The van der Waals surface area contributed by atoms with Crippen LogP contribution in [-0.4, -0.2) is 6.10 Å². The quantitative estimate of drug-likeness (QED) is 0.792. The van der Waals surface area contributed by atoms with Gasteiger partial charge in [-0.2, -0.15) is 0 Å². The van der Waals surface area contributed by atoms with Crippen LogP contribution in [0.5, 0.6) is 0 Å². The highest BCUT2D eigenvalue weighted by Gasteiger charge is 2.15. The number of hydrogen-bond acceptors (Lipinski definition) is 1. The third-order valence-corrected chi connectivity index (χ3v) is 3.64. The first-order valence-electron chi connectivity index (χ1n) is 5.31. The summed E-state index contributed by atoms with van der Waals surface area (Å²) in [6.07, 6.45) is 5.46. The smallest absolute Gasteiger partial charge is 0.0735 e. The molecule has 0 aromatic heterocycles. The van der Waals surface area contributed by atoms with Crippen LogP contribution in [0.2, 0.25) is 5.02 Å². The fraction of sp³-hybridized carbons (Fsp3) is 0.500. The van der Waals surface area contributed by atoms with Crippen LogP contribution in [-0.2, 0) is 11.3 Å². The van der Waals surface area contributed by atoms with Gasteiger partial charge in [0.25, 0.3) is 0 Å². The normalized spacial score (nSPS) is 17.2. The maximum absolute atomic E-state index is 6.10. The number of halogens is 2. The molecule has 0 bridgehead atoms. The van der Waals surface area contributed by atoms with Crippen LogP contribution in [0, 0.1) is 0 Å². The molecule has 15 heavy (non-hydrogen) atoms. The van der Waals surface area contributed by atoms with Gasteiger partial charge >= 0.3 is 0 Å². The predicted molar refractivity (Wildman–Crippen MR) is 66.2 cm³/mol. The SMILES string of the molecule is Clc1cc(Br)ccc1COC1CCCC1.